The molecule has 2 fully saturated rings. The van der Waals surface area contributed by atoms with Crippen LogP contribution in [0.25, 0.3) is 11.1 Å². The molecule has 1 aromatic heterocycles. The summed E-state index contributed by atoms with van der Waals surface area (Å²) in [6.07, 6.45) is 3.34. The quantitative estimate of drug-likeness (QED) is 0.394. The second-order valence-electron chi connectivity index (χ2n) is 10.2. The van der Waals surface area contributed by atoms with Gasteiger partial charge in [0.15, 0.2) is 0 Å². The summed E-state index contributed by atoms with van der Waals surface area (Å²) in [6.45, 7) is 1.71. The van der Waals surface area contributed by atoms with E-state index in [2.05, 4.69) is 15.6 Å². The molecule has 2 aromatic carbocycles. The topological polar surface area (TPSA) is 143 Å². The van der Waals surface area contributed by atoms with E-state index < -0.39 is 36.0 Å². The second-order valence-corrected chi connectivity index (χ2v) is 10.2. The van der Waals surface area contributed by atoms with E-state index in [9.17, 15) is 19.5 Å². The maximum Gasteiger partial charge on any atom is 0.247 e. The maximum atomic E-state index is 13.3. The molecule has 4 N–H and O–H groups in total. The van der Waals surface area contributed by atoms with Crippen molar-refractivity contribution in [2.45, 2.75) is 62.8 Å². The lowest BCUT2D eigenvalue weighted by atomic mass is 10.00. The van der Waals surface area contributed by atoms with Crippen molar-refractivity contribution in [3.63, 3.8) is 0 Å². The molecular weight excluding hydrogens is 484 g/mol. The summed E-state index contributed by atoms with van der Waals surface area (Å²) in [5, 5.41) is 21.3. The highest BCUT2D eigenvalue weighted by Gasteiger charge is 2.42. The fraction of sp³-hybridized carbons (Fsp3) is 0.393. The van der Waals surface area contributed by atoms with Crippen LogP contribution in [0.5, 0.6) is 0 Å². The number of aliphatic hydroxyl groups is 1. The number of carbonyl (C=O) groups is 3. The number of nitrogens with zero attached hydrogens (tertiary/aromatic N) is 4. The first-order valence-corrected chi connectivity index (χ1v) is 12.9. The van der Waals surface area contributed by atoms with Crippen molar-refractivity contribution in [3.05, 3.63) is 72.1 Å². The van der Waals surface area contributed by atoms with Crippen molar-refractivity contribution in [3.8, 4) is 11.1 Å². The average molecular weight is 517 g/mol. The molecule has 5 rings (SSSR count). The van der Waals surface area contributed by atoms with Crippen molar-refractivity contribution in [1.29, 1.82) is 0 Å². The fourth-order valence-corrected chi connectivity index (χ4v) is 4.90. The number of nitrogens with one attached hydrogen (secondary N) is 1. The zero-order valence-electron chi connectivity index (χ0n) is 21.2. The van der Waals surface area contributed by atoms with Gasteiger partial charge in [-0.05, 0) is 36.5 Å². The molecule has 38 heavy (non-hydrogen) atoms. The molecule has 2 aliphatic rings. The van der Waals surface area contributed by atoms with Crippen LogP contribution in [-0.2, 0) is 20.8 Å². The molecule has 1 aliphatic heterocycles. The number of hydrogen-bond acceptors (Lipinski definition) is 6. The van der Waals surface area contributed by atoms with Crippen LogP contribution < -0.4 is 11.1 Å². The lowest BCUT2D eigenvalue weighted by Crippen LogP contribution is -2.53. The molecule has 1 aliphatic carbocycles. The minimum Gasteiger partial charge on any atom is -0.391 e. The van der Waals surface area contributed by atoms with Gasteiger partial charge in [-0.15, -0.1) is 5.10 Å². The molecule has 1 saturated carbocycles. The number of amides is 3. The molecular formula is C28H32N6O4. The van der Waals surface area contributed by atoms with Crippen LogP contribution in [0.4, 0.5) is 0 Å². The normalized spacial score (nSPS) is 20.6. The van der Waals surface area contributed by atoms with Crippen LogP contribution in [0.2, 0.25) is 0 Å². The molecule has 10 nitrogen and oxygen atoms in total. The third-order valence-corrected chi connectivity index (χ3v) is 7.30. The lowest BCUT2D eigenvalue weighted by Gasteiger charge is -2.27. The standard InChI is InChI=1S/C28H32N6O4/c1-17(34-16-24(31-32-34)21-11-12-21)28(38)33-15-22(35)14-25(33)27(37)30-23(26(29)36)13-18-7-9-20(10-8-18)19-5-3-2-4-6-19/h2-10,16-17,21-23,25,35H,11-15H2,1H3,(H2,29,36)(H,30,37)/t17-,22+,23+,25-/m0/s1. The molecule has 4 atom stereocenters. The molecule has 198 valence electrons. The highest BCUT2D eigenvalue weighted by atomic mass is 16.3. The number of nitrogens with two attached hydrogens (primary N) is 1. The van der Waals surface area contributed by atoms with E-state index in [1.807, 2.05) is 54.6 Å². The van der Waals surface area contributed by atoms with Gasteiger partial charge in [0, 0.05) is 31.5 Å². The van der Waals surface area contributed by atoms with E-state index in [0.717, 1.165) is 35.2 Å². The molecule has 3 aromatic rings. The highest BCUT2D eigenvalue weighted by molar-refractivity contribution is 5.93. The third-order valence-electron chi connectivity index (χ3n) is 7.30. The van der Waals surface area contributed by atoms with Gasteiger partial charge in [-0.2, -0.15) is 0 Å². The number of aromatic nitrogens is 3. The van der Waals surface area contributed by atoms with E-state index in [-0.39, 0.29) is 25.3 Å². The Morgan fingerprint density at radius 1 is 1.08 bits per heavy atom. The van der Waals surface area contributed by atoms with Crippen molar-refractivity contribution in [2.75, 3.05) is 6.54 Å². The van der Waals surface area contributed by atoms with Gasteiger partial charge >= 0.3 is 0 Å². The number of hydrogen-bond donors (Lipinski definition) is 3. The molecule has 0 radical (unpaired) electrons. The van der Waals surface area contributed by atoms with Gasteiger partial charge in [0.05, 0.1) is 11.8 Å². The van der Waals surface area contributed by atoms with Gasteiger partial charge in [-0.1, -0.05) is 59.8 Å². The summed E-state index contributed by atoms with van der Waals surface area (Å²) in [4.78, 5) is 40.2. The number of benzene rings is 2. The first-order valence-electron chi connectivity index (χ1n) is 12.9. The van der Waals surface area contributed by atoms with Gasteiger partial charge in [-0.3, -0.25) is 14.4 Å². The molecule has 10 heteroatoms. The number of rotatable bonds is 9. The smallest absolute Gasteiger partial charge is 0.247 e. The predicted octanol–water partition coefficient (Wildman–Crippen LogP) is 1.56. The zero-order valence-corrected chi connectivity index (χ0v) is 21.2. The van der Waals surface area contributed by atoms with Gasteiger partial charge < -0.3 is 21.1 Å². The molecule has 0 bridgehead atoms. The zero-order chi connectivity index (χ0) is 26.8. The molecule has 0 unspecified atom stereocenters. The second kappa shape index (κ2) is 10.7. The summed E-state index contributed by atoms with van der Waals surface area (Å²) in [7, 11) is 0. The predicted molar refractivity (Wildman–Crippen MR) is 140 cm³/mol. The Hall–Kier alpha value is -4.05. The summed E-state index contributed by atoms with van der Waals surface area (Å²) in [5.41, 5.74) is 9.44. The first-order chi connectivity index (χ1) is 18.3. The highest BCUT2D eigenvalue weighted by Crippen LogP contribution is 2.38. The van der Waals surface area contributed by atoms with Crippen LogP contribution in [-0.4, -0.2) is 67.5 Å². The van der Waals surface area contributed by atoms with E-state index in [4.69, 9.17) is 5.73 Å². The average Bonchev–Trinajstić information content (AvgIpc) is 3.52. The maximum absolute atomic E-state index is 13.3. The summed E-state index contributed by atoms with van der Waals surface area (Å²) in [5.74, 6) is -1.14. The van der Waals surface area contributed by atoms with Crippen molar-refractivity contribution in [2.24, 2.45) is 5.73 Å². The Labute approximate surface area is 220 Å². The molecule has 1 saturated heterocycles. The first kappa shape index (κ1) is 25.6. The van der Waals surface area contributed by atoms with Crippen molar-refractivity contribution >= 4 is 17.7 Å². The Morgan fingerprint density at radius 3 is 2.42 bits per heavy atom. The third kappa shape index (κ3) is 5.60. The summed E-state index contributed by atoms with van der Waals surface area (Å²) in [6, 6.07) is 15.0. The van der Waals surface area contributed by atoms with Gasteiger partial charge in [0.2, 0.25) is 17.7 Å². The number of likely N-dealkylation sites (tertiary alicyclic amines) is 1. The monoisotopic (exact) mass is 516 g/mol. The fourth-order valence-electron chi connectivity index (χ4n) is 4.90. The van der Waals surface area contributed by atoms with Crippen LogP contribution in [0.15, 0.2) is 60.8 Å². The molecule has 2 heterocycles. The molecule has 3 amide bonds. The Morgan fingerprint density at radius 2 is 1.76 bits per heavy atom. The van der Waals surface area contributed by atoms with Crippen molar-refractivity contribution in [1.82, 2.24) is 25.2 Å². The Bertz CT molecular complexity index is 1300. The SMILES string of the molecule is C[C@@H](C(=O)N1C[C@H](O)C[C@H]1C(=O)N[C@H](Cc1ccc(-c2ccccc2)cc1)C(N)=O)n1cc(C2CC2)nn1. The number of carbonyl (C=O) groups excluding carboxylic acids is 3. The number of primary amides is 1. The largest absolute Gasteiger partial charge is 0.391 e. The number of β-amino-alcohol motifs (C(OH)–C–C–N with tert-alkyl or cyclic N) is 1. The minimum absolute atomic E-state index is 0.0215. The van der Waals surface area contributed by atoms with Crippen LogP contribution >= 0.6 is 0 Å². The van der Waals surface area contributed by atoms with E-state index in [1.54, 1.807) is 13.1 Å². The van der Waals surface area contributed by atoms with Gasteiger partial charge in [-0.25, -0.2) is 4.68 Å². The minimum atomic E-state index is -0.964. The van der Waals surface area contributed by atoms with Crippen LogP contribution in [0.1, 0.15) is 49.4 Å². The van der Waals surface area contributed by atoms with E-state index in [1.165, 1.54) is 9.58 Å². The van der Waals surface area contributed by atoms with Crippen LogP contribution in [0.3, 0.4) is 0 Å². The van der Waals surface area contributed by atoms with Gasteiger partial charge in [0.25, 0.3) is 0 Å². The molecule has 0 spiro atoms. The summed E-state index contributed by atoms with van der Waals surface area (Å²) >= 11 is 0. The summed E-state index contributed by atoms with van der Waals surface area (Å²) < 4.78 is 1.50. The van der Waals surface area contributed by atoms with Gasteiger partial charge in [0.1, 0.15) is 18.1 Å². The van der Waals surface area contributed by atoms with E-state index in [0.29, 0.717) is 5.92 Å². The Balaban J connectivity index is 1.25. The van der Waals surface area contributed by atoms with Crippen molar-refractivity contribution < 1.29 is 19.5 Å². The van der Waals surface area contributed by atoms with Crippen LogP contribution in [0, 0.1) is 0 Å². The number of aliphatic hydroxyl groups excluding tert-OH is 1. The van der Waals surface area contributed by atoms with E-state index >= 15 is 0 Å². The lowest BCUT2D eigenvalue weighted by molar-refractivity contribution is -0.141. The Kier molecular flexibility index (Phi) is 7.24.